The molecule has 0 fully saturated rings. The lowest BCUT2D eigenvalue weighted by Crippen LogP contribution is -2.25. The number of hydrogen-bond acceptors (Lipinski definition) is 7. The van der Waals surface area contributed by atoms with Gasteiger partial charge in [-0.1, -0.05) is 36.4 Å². The molecule has 0 unspecified atom stereocenters. The SMILES string of the molecule is COCc1c(Br)c(C)nc(OCC(=O)N/N=C/c2cn(CCOc3ccccc3)c3ccccc23)c1C#N. The summed E-state index contributed by atoms with van der Waals surface area (Å²) in [5.74, 6) is 0.405. The number of ether oxygens (including phenoxy) is 3. The van der Waals surface area contributed by atoms with Crippen LogP contribution in [-0.2, 0) is 22.7 Å². The average Bonchev–Trinajstić information content (AvgIpc) is 3.28. The van der Waals surface area contributed by atoms with E-state index in [2.05, 4.69) is 42.1 Å². The molecule has 2 aromatic carbocycles. The Hall–Kier alpha value is -4.20. The van der Waals surface area contributed by atoms with E-state index in [1.165, 1.54) is 7.11 Å². The molecule has 0 saturated heterocycles. The molecule has 4 rings (SSSR count). The Bertz CT molecular complexity index is 1490. The van der Waals surface area contributed by atoms with Crippen LogP contribution in [0.2, 0.25) is 0 Å². The van der Waals surface area contributed by atoms with E-state index in [1.807, 2.05) is 60.8 Å². The first-order valence-electron chi connectivity index (χ1n) is 11.8. The van der Waals surface area contributed by atoms with Crippen LogP contribution in [-0.4, -0.2) is 42.0 Å². The molecule has 2 heterocycles. The second kappa shape index (κ2) is 12.9. The van der Waals surface area contributed by atoms with Crippen molar-refractivity contribution in [2.75, 3.05) is 20.3 Å². The Kier molecular flexibility index (Phi) is 9.08. The monoisotopic (exact) mass is 575 g/mol. The van der Waals surface area contributed by atoms with Crippen LogP contribution in [0, 0.1) is 18.3 Å². The molecule has 1 amide bonds. The number of nitrogens with one attached hydrogen (secondary N) is 1. The van der Waals surface area contributed by atoms with E-state index in [9.17, 15) is 10.1 Å². The summed E-state index contributed by atoms with van der Waals surface area (Å²) in [6.07, 6.45) is 3.56. The molecular formula is C28H26BrN5O4. The fraction of sp³-hybridized carbons (Fsp3) is 0.214. The van der Waals surface area contributed by atoms with E-state index in [-0.39, 0.29) is 24.7 Å². The van der Waals surface area contributed by atoms with E-state index < -0.39 is 5.91 Å². The van der Waals surface area contributed by atoms with Gasteiger partial charge in [0.15, 0.2) is 6.61 Å². The molecule has 4 aromatic rings. The lowest BCUT2D eigenvalue weighted by Gasteiger charge is -2.13. The van der Waals surface area contributed by atoms with Gasteiger partial charge in [0, 0.05) is 39.8 Å². The Labute approximate surface area is 228 Å². The highest BCUT2D eigenvalue weighted by molar-refractivity contribution is 9.10. The highest BCUT2D eigenvalue weighted by atomic mass is 79.9. The summed E-state index contributed by atoms with van der Waals surface area (Å²) in [6.45, 7) is 2.77. The number of aromatic nitrogens is 2. The number of para-hydroxylation sites is 2. The first kappa shape index (κ1) is 26.9. The summed E-state index contributed by atoms with van der Waals surface area (Å²) in [5, 5.41) is 14.7. The molecular weight excluding hydrogens is 550 g/mol. The molecule has 0 spiro atoms. The van der Waals surface area contributed by atoms with Gasteiger partial charge < -0.3 is 18.8 Å². The lowest BCUT2D eigenvalue weighted by atomic mass is 10.1. The number of methoxy groups -OCH3 is 1. The van der Waals surface area contributed by atoms with E-state index in [0.29, 0.717) is 28.9 Å². The van der Waals surface area contributed by atoms with Crippen molar-refractivity contribution in [2.45, 2.75) is 20.1 Å². The second-order valence-corrected chi connectivity index (χ2v) is 9.05. The summed E-state index contributed by atoms with van der Waals surface area (Å²) >= 11 is 3.43. The minimum Gasteiger partial charge on any atom is -0.492 e. The normalized spacial score (nSPS) is 11.0. The Balaban J connectivity index is 1.39. The quantitative estimate of drug-likeness (QED) is 0.204. The number of rotatable bonds is 11. The third-order valence-corrected chi connectivity index (χ3v) is 6.72. The number of fused-ring (bicyclic) bond motifs is 1. The number of carbonyl (C=O) groups excluding carboxylic acids is 1. The number of benzene rings is 2. The van der Waals surface area contributed by atoms with Crippen molar-refractivity contribution in [2.24, 2.45) is 5.10 Å². The minimum atomic E-state index is -0.485. The Morgan fingerprint density at radius 3 is 2.71 bits per heavy atom. The van der Waals surface area contributed by atoms with Crippen LogP contribution in [0.4, 0.5) is 0 Å². The molecule has 0 atom stereocenters. The molecule has 0 aliphatic heterocycles. The fourth-order valence-corrected chi connectivity index (χ4v) is 4.30. The van der Waals surface area contributed by atoms with Crippen molar-refractivity contribution >= 4 is 39.0 Å². The van der Waals surface area contributed by atoms with Crippen molar-refractivity contribution in [3.05, 3.63) is 87.7 Å². The van der Waals surface area contributed by atoms with Gasteiger partial charge >= 0.3 is 0 Å². The molecule has 0 aliphatic carbocycles. The van der Waals surface area contributed by atoms with Crippen LogP contribution in [0.3, 0.4) is 0 Å². The molecule has 0 saturated carbocycles. The van der Waals surface area contributed by atoms with Gasteiger partial charge in [0.1, 0.15) is 24.0 Å². The van der Waals surface area contributed by atoms with Crippen molar-refractivity contribution in [3.8, 4) is 17.7 Å². The van der Waals surface area contributed by atoms with Gasteiger partial charge in [0.2, 0.25) is 5.88 Å². The number of nitrogens with zero attached hydrogens (tertiary/aromatic N) is 4. The van der Waals surface area contributed by atoms with Gasteiger partial charge in [-0.3, -0.25) is 4.79 Å². The Morgan fingerprint density at radius 1 is 1.18 bits per heavy atom. The van der Waals surface area contributed by atoms with Gasteiger partial charge in [-0.15, -0.1) is 0 Å². The zero-order valence-corrected chi connectivity index (χ0v) is 22.6. The van der Waals surface area contributed by atoms with Gasteiger partial charge in [-0.2, -0.15) is 10.4 Å². The van der Waals surface area contributed by atoms with Gasteiger partial charge in [-0.25, -0.2) is 10.4 Å². The number of amides is 1. The largest absolute Gasteiger partial charge is 0.492 e. The molecule has 0 bridgehead atoms. The number of hydrogen-bond donors (Lipinski definition) is 1. The van der Waals surface area contributed by atoms with E-state index in [0.717, 1.165) is 22.2 Å². The number of hydrazone groups is 1. The van der Waals surface area contributed by atoms with Crippen molar-refractivity contribution in [1.29, 1.82) is 5.26 Å². The summed E-state index contributed by atoms with van der Waals surface area (Å²) < 4.78 is 19.3. The summed E-state index contributed by atoms with van der Waals surface area (Å²) in [4.78, 5) is 16.7. The van der Waals surface area contributed by atoms with Gasteiger partial charge in [0.25, 0.3) is 5.91 Å². The van der Waals surface area contributed by atoms with Crippen molar-refractivity contribution in [1.82, 2.24) is 15.0 Å². The maximum Gasteiger partial charge on any atom is 0.278 e. The molecule has 194 valence electrons. The summed E-state index contributed by atoms with van der Waals surface area (Å²) in [7, 11) is 1.53. The van der Waals surface area contributed by atoms with Crippen LogP contribution < -0.4 is 14.9 Å². The zero-order valence-electron chi connectivity index (χ0n) is 21.0. The number of carbonyl (C=O) groups is 1. The average molecular weight is 576 g/mol. The smallest absolute Gasteiger partial charge is 0.278 e. The van der Waals surface area contributed by atoms with Crippen LogP contribution in [0.15, 0.2) is 70.4 Å². The number of nitriles is 1. The third kappa shape index (κ3) is 6.37. The van der Waals surface area contributed by atoms with Crippen LogP contribution >= 0.6 is 15.9 Å². The van der Waals surface area contributed by atoms with Gasteiger partial charge in [-0.05, 0) is 41.1 Å². The van der Waals surface area contributed by atoms with E-state index >= 15 is 0 Å². The molecule has 10 heteroatoms. The third-order valence-electron chi connectivity index (χ3n) is 5.66. The predicted octanol–water partition coefficient (Wildman–Crippen LogP) is 4.73. The van der Waals surface area contributed by atoms with Crippen LogP contribution in [0.5, 0.6) is 11.6 Å². The first-order valence-corrected chi connectivity index (χ1v) is 12.6. The van der Waals surface area contributed by atoms with Crippen LogP contribution in [0.25, 0.3) is 10.9 Å². The molecule has 9 nitrogen and oxygen atoms in total. The van der Waals surface area contributed by atoms with E-state index in [1.54, 1.807) is 13.1 Å². The zero-order chi connectivity index (χ0) is 26.9. The van der Waals surface area contributed by atoms with E-state index in [4.69, 9.17) is 14.2 Å². The molecule has 0 radical (unpaired) electrons. The molecule has 0 aliphatic rings. The standard InChI is InChI=1S/C28H26BrN5O4/c1-19-27(29)24(17-36-2)23(14-30)28(32-19)38-18-26(35)33-31-15-20-16-34(25-11-7-6-10-22(20)25)12-13-37-21-8-4-3-5-9-21/h3-11,15-16H,12-13,17-18H2,1-2H3,(H,33,35)/b31-15+. The van der Waals surface area contributed by atoms with Crippen molar-refractivity contribution < 1.29 is 19.0 Å². The Morgan fingerprint density at radius 2 is 1.95 bits per heavy atom. The minimum absolute atomic E-state index is 0.0696. The molecule has 1 N–H and O–H groups in total. The fourth-order valence-electron chi connectivity index (χ4n) is 3.90. The number of aryl methyl sites for hydroxylation is 1. The highest BCUT2D eigenvalue weighted by Crippen LogP contribution is 2.30. The number of halogens is 1. The lowest BCUT2D eigenvalue weighted by molar-refractivity contribution is -0.123. The van der Waals surface area contributed by atoms with Gasteiger partial charge in [0.05, 0.1) is 25.1 Å². The number of pyridine rings is 1. The van der Waals surface area contributed by atoms with Crippen LogP contribution in [0.1, 0.15) is 22.4 Å². The second-order valence-electron chi connectivity index (χ2n) is 8.25. The highest BCUT2D eigenvalue weighted by Gasteiger charge is 2.18. The summed E-state index contributed by atoms with van der Waals surface area (Å²) in [5.41, 5.74) is 5.80. The first-order chi connectivity index (χ1) is 18.5. The maximum absolute atomic E-state index is 12.4. The molecule has 38 heavy (non-hydrogen) atoms. The topological polar surface area (TPSA) is 111 Å². The predicted molar refractivity (Wildman–Crippen MR) is 147 cm³/mol. The molecule has 2 aromatic heterocycles. The summed E-state index contributed by atoms with van der Waals surface area (Å²) in [6, 6.07) is 19.7. The van der Waals surface area contributed by atoms with Crippen molar-refractivity contribution in [3.63, 3.8) is 0 Å². The maximum atomic E-state index is 12.4.